The van der Waals surface area contributed by atoms with Gasteiger partial charge >= 0.3 is 0 Å². The van der Waals surface area contributed by atoms with Crippen LogP contribution in [0.3, 0.4) is 0 Å². The van der Waals surface area contributed by atoms with Crippen LogP contribution in [0, 0.1) is 0 Å². The summed E-state index contributed by atoms with van der Waals surface area (Å²) in [6, 6.07) is 79.2. The zero-order valence-electron chi connectivity index (χ0n) is 33.5. The smallest absolute Gasteiger partial charge is 0.145 e. The summed E-state index contributed by atoms with van der Waals surface area (Å²) in [4.78, 5) is 2.40. The Morgan fingerprint density at radius 1 is 0.387 bits per heavy atom. The summed E-state index contributed by atoms with van der Waals surface area (Å²) in [5.41, 5.74) is 12.9. The Morgan fingerprint density at radius 3 is 1.79 bits per heavy atom. The molecular formula is C58H36N2OS. The van der Waals surface area contributed by atoms with Crippen molar-refractivity contribution in [1.82, 2.24) is 4.57 Å². The molecule has 3 aromatic heterocycles. The van der Waals surface area contributed by atoms with Crippen LogP contribution in [0.2, 0.25) is 0 Å². The van der Waals surface area contributed by atoms with Crippen molar-refractivity contribution in [3.63, 3.8) is 0 Å². The molecule has 0 unspecified atom stereocenters. The number of furan rings is 1. The van der Waals surface area contributed by atoms with Gasteiger partial charge < -0.3 is 13.9 Å². The quantitative estimate of drug-likeness (QED) is 0.167. The second kappa shape index (κ2) is 13.8. The molecule has 0 N–H and O–H groups in total. The molecule has 290 valence electrons. The number of benzene rings is 10. The summed E-state index contributed by atoms with van der Waals surface area (Å²) in [5.74, 6) is 0. The van der Waals surface area contributed by atoms with Crippen LogP contribution < -0.4 is 4.90 Å². The summed E-state index contributed by atoms with van der Waals surface area (Å²) in [6.07, 6.45) is 0. The average molecular weight is 809 g/mol. The van der Waals surface area contributed by atoms with Crippen LogP contribution in [0.1, 0.15) is 0 Å². The molecule has 10 aromatic carbocycles. The van der Waals surface area contributed by atoms with E-state index >= 15 is 0 Å². The molecule has 0 aliphatic heterocycles. The number of hydrogen-bond acceptors (Lipinski definition) is 3. The monoisotopic (exact) mass is 808 g/mol. The molecule has 13 aromatic rings. The van der Waals surface area contributed by atoms with Crippen LogP contribution in [-0.2, 0) is 0 Å². The Kier molecular flexibility index (Phi) is 7.78. The maximum atomic E-state index is 6.89. The molecule has 0 fully saturated rings. The Morgan fingerprint density at radius 2 is 1.00 bits per heavy atom. The number of nitrogens with zero attached hydrogens (tertiary/aromatic N) is 2. The fourth-order valence-corrected chi connectivity index (χ4v) is 10.8. The number of anilines is 3. The summed E-state index contributed by atoms with van der Waals surface area (Å²) < 4.78 is 11.9. The maximum absolute atomic E-state index is 6.89. The van der Waals surface area contributed by atoms with Gasteiger partial charge in [0.15, 0.2) is 0 Å². The molecule has 4 heteroatoms. The first kappa shape index (κ1) is 34.9. The first-order valence-electron chi connectivity index (χ1n) is 21.1. The molecule has 0 aliphatic rings. The van der Waals surface area contributed by atoms with Gasteiger partial charge in [-0.15, -0.1) is 11.3 Å². The van der Waals surface area contributed by atoms with Crippen molar-refractivity contribution < 1.29 is 4.42 Å². The van der Waals surface area contributed by atoms with Gasteiger partial charge in [0.2, 0.25) is 0 Å². The van der Waals surface area contributed by atoms with Crippen LogP contribution in [0.5, 0.6) is 0 Å². The predicted octanol–water partition coefficient (Wildman–Crippen LogP) is 17.0. The first-order chi connectivity index (χ1) is 30.7. The van der Waals surface area contributed by atoms with Crippen molar-refractivity contribution in [2.75, 3.05) is 4.90 Å². The molecule has 0 atom stereocenters. The van der Waals surface area contributed by atoms with Crippen molar-refractivity contribution in [2.45, 2.75) is 0 Å². The van der Waals surface area contributed by atoms with Gasteiger partial charge in [0.1, 0.15) is 11.2 Å². The third kappa shape index (κ3) is 5.44. The van der Waals surface area contributed by atoms with E-state index in [1.165, 1.54) is 63.9 Å². The highest BCUT2D eigenvalue weighted by molar-refractivity contribution is 7.25. The zero-order valence-corrected chi connectivity index (χ0v) is 34.3. The average Bonchev–Trinajstić information content (AvgIpc) is 4.01. The van der Waals surface area contributed by atoms with Crippen LogP contribution in [0.4, 0.5) is 17.1 Å². The fourth-order valence-electron chi connectivity index (χ4n) is 9.67. The lowest BCUT2D eigenvalue weighted by molar-refractivity contribution is 0.670. The van der Waals surface area contributed by atoms with E-state index in [1.807, 2.05) is 17.4 Å². The second-order valence-electron chi connectivity index (χ2n) is 16.1. The number of rotatable bonds is 6. The zero-order chi connectivity index (χ0) is 40.7. The molecule has 0 bridgehead atoms. The third-order valence-electron chi connectivity index (χ3n) is 12.6. The highest BCUT2D eigenvalue weighted by Crippen LogP contribution is 2.48. The SMILES string of the molecule is c1ccc2cc(N(c3ccc(-c4ccc5sc6ccccc6c5c4)cc3)c3ccc4c(oc5ccccc54)c3-c3ccc(-n4c5ccccc5c5ccccc54)cc3)ccc2c1. The van der Waals surface area contributed by atoms with E-state index in [-0.39, 0.29) is 0 Å². The Bertz CT molecular complexity index is 3820. The van der Waals surface area contributed by atoms with Crippen molar-refractivity contribution in [3.8, 4) is 27.9 Å². The van der Waals surface area contributed by atoms with Crippen molar-refractivity contribution in [1.29, 1.82) is 0 Å². The van der Waals surface area contributed by atoms with Crippen molar-refractivity contribution >= 4 is 103 Å². The second-order valence-corrected chi connectivity index (χ2v) is 17.2. The molecule has 3 heterocycles. The Labute approximate surface area is 361 Å². The molecule has 0 saturated carbocycles. The van der Waals surface area contributed by atoms with Gasteiger partial charge in [-0.25, -0.2) is 0 Å². The lowest BCUT2D eigenvalue weighted by atomic mass is 9.97. The lowest BCUT2D eigenvalue weighted by Crippen LogP contribution is -2.11. The number of aromatic nitrogens is 1. The van der Waals surface area contributed by atoms with Crippen LogP contribution in [-0.4, -0.2) is 4.57 Å². The van der Waals surface area contributed by atoms with Crippen LogP contribution >= 0.6 is 11.3 Å². The molecule has 0 aliphatic carbocycles. The third-order valence-corrected chi connectivity index (χ3v) is 13.7. The van der Waals surface area contributed by atoms with E-state index in [0.717, 1.165) is 55.8 Å². The Hall–Kier alpha value is -7.92. The van der Waals surface area contributed by atoms with Gasteiger partial charge in [-0.2, -0.15) is 0 Å². The molecule has 3 nitrogen and oxygen atoms in total. The highest BCUT2D eigenvalue weighted by atomic mass is 32.1. The first-order valence-corrected chi connectivity index (χ1v) is 21.9. The maximum Gasteiger partial charge on any atom is 0.145 e. The summed E-state index contributed by atoms with van der Waals surface area (Å²) >= 11 is 1.85. The van der Waals surface area contributed by atoms with Gasteiger partial charge in [0.25, 0.3) is 0 Å². The Balaban J connectivity index is 1.01. The number of hydrogen-bond donors (Lipinski definition) is 0. The van der Waals surface area contributed by atoms with Gasteiger partial charge in [-0.1, -0.05) is 133 Å². The predicted molar refractivity (Wildman–Crippen MR) is 264 cm³/mol. The number of thiophene rings is 1. The molecule has 62 heavy (non-hydrogen) atoms. The summed E-state index contributed by atoms with van der Waals surface area (Å²) in [6.45, 7) is 0. The minimum atomic E-state index is 0.868. The molecule has 13 rings (SSSR count). The van der Waals surface area contributed by atoms with E-state index in [0.29, 0.717) is 0 Å². The van der Waals surface area contributed by atoms with Crippen LogP contribution in [0.15, 0.2) is 223 Å². The molecule has 0 amide bonds. The van der Waals surface area contributed by atoms with Gasteiger partial charge in [0, 0.05) is 64.3 Å². The minimum absolute atomic E-state index is 0.868. The minimum Gasteiger partial charge on any atom is -0.455 e. The topological polar surface area (TPSA) is 21.3 Å². The van der Waals surface area contributed by atoms with Crippen molar-refractivity contribution in [2.24, 2.45) is 0 Å². The van der Waals surface area contributed by atoms with Crippen molar-refractivity contribution in [3.05, 3.63) is 218 Å². The molecule has 0 spiro atoms. The van der Waals surface area contributed by atoms with Gasteiger partial charge in [0.05, 0.1) is 16.7 Å². The van der Waals surface area contributed by atoms with Crippen LogP contribution in [0.25, 0.3) is 103 Å². The van der Waals surface area contributed by atoms with E-state index in [1.54, 1.807) is 0 Å². The highest BCUT2D eigenvalue weighted by Gasteiger charge is 2.24. The normalized spacial score (nSPS) is 11.9. The standard InChI is InChI=1S/C58H36N2OS/c1-2-12-40-35-44(31-23-37(40)11-1)59(42-27-21-38(22-28-42)41-26-34-56-50(36-41)48-16-6-10-20-55(48)62-56)53-33-32-49-47-15-5-9-19-54(47)61-58(49)57(53)39-24-29-43(30-25-39)60-51-17-7-3-13-45(51)46-14-4-8-18-52(46)60/h1-36H. The van der Waals surface area contributed by atoms with E-state index in [9.17, 15) is 0 Å². The molecule has 0 radical (unpaired) electrons. The van der Waals surface area contributed by atoms with Gasteiger partial charge in [-0.05, 0) is 112 Å². The molecular weight excluding hydrogens is 773 g/mol. The number of fused-ring (bicyclic) bond motifs is 10. The molecule has 0 saturated heterocycles. The largest absolute Gasteiger partial charge is 0.455 e. The van der Waals surface area contributed by atoms with E-state index in [2.05, 4.69) is 222 Å². The fraction of sp³-hybridized carbons (Fsp3) is 0. The number of para-hydroxylation sites is 3. The van der Waals surface area contributed by atoms with Gasteiger partial charge in [-0.3, -0.25) is 0 Å². The lowest BCUT2D eigenvalue weighted by Gasteiger charge is -2.28. The summed E-state index contributed by atoms with van der Waals surface area (Å²) in [7, 11) is 0. The van der Waals surface area contributed by atoms with E-state index in [4.69, 9.17) is 4.42 Å². The summed E-state index contributed by atoms with van der Waals surface area (Å²) in [5, 5.41) is 9.70. The van der Waals surface area contributed by atoms with E-state index < -0.39 is 0 Å².